The molecule has 0 atom stereocenters. The molecule has 0 aliphatic carbocycles. The van der Waals surface area contributed by atoms with Crippen molar-refractivity contribution in [1.82, 2.24) is 4.57 Å². The van der Waals surface area contributed by atoms with Gasteiger partial charge < -0.3 is 4.57 Å². The van der Waals surface area contributed by atoms with Crippen LogP contribution in [0.4, 0.5) is 14.9 Å². The highest BCUT2D eigenvalue weighted by molar-refractivity contribution is 8.19. The molecule has 1 saturated heterocycles. The maximum atomic E-state index is 14.4. The lowest BCUT2D eigenvalue weighted by molar-refractivity contribution is -0.113. The van der Waals surface area contributed by atoms with E-state index in [-0.39, 0.29) is 17.0 Å². The molecule has 5 rings (SSSR count). The number of fused-ring (bicyclic) bond motifs is 1. The molecule has 0 radical (unpaired) electrons. The number of carbonyl (C=O) groups excluding carboxylic acids is 2. The molecule has 34 heavy (non-hydrogen) atoms. The maximum absolute atomic E-state index is 14.4. The Morgan fingerprint density at radius 1 is 1.00 bits per heavy atom. The molecule has 2 amide bonds. The Morgan fingerprint density at radius 3 is 2.53 bits per heavy atom. The van der Waals surface area contributed by atoms with E-state index < -0.39 is 0 Å². The number of amides is 2. The molecule has 0 spiro atoms. The summed E-state index contributed by atoms with van der Waals surface area (Å²) in [5.74, 6) is -0.651. The topological polar surface area (TPSA) is 42.3 Å². The minimum Gasteiger partial charge on any atom is -0.342 e. The van der Waals surface area contributed by atoms with Gasteiger partial charge in [0.15, 0.2) is 0 Å². The van der Waals surface area contributed by atoms with Crippen molar-refractivity contribution < 1.29 is 14.0 Å². The highest BCUT2D eigenvalue weighted by Crippen LogP contribution is 2.38. The first kappa shape index (κ1) is 22.4. The molecule has 0 unspecified atom stereocenters. The molecule has 0 N–H and O–H groups in total. The van der Waals surface area contributed by atoms with Gasteiger partial charge in [-0.3, -0.25) is 9.59 Å². The van der Waals surface area contributed by atoms with Gasteiger partial charge in [-0.1, -0.05) is 61.0 Å². The minimum atomic E-state index is -0.390. The first-order chi connectivity index (χ1) is 16.5. The minimum absolute atomic E-state index is 0.262. The largest absolute Gasteiger partial charge is 0.342 e. The van der Waals surface area contributed by atoms with Crippen molar-refractivity contribution in [2.45, 2.75) is 19.9 Å². The molecule has 1 aliphatic rings. The number of aryl methyl sites for hydroxylation is 1. The second-order valence-corrected chi connectivity index (χ2v) is 9.40. The third-order valence-electron chi connectivity index (χ3n) is 5.84. The van der Waals surface area contributed by atoms with Crippen LogP contribution in [0.15, 0.2) is 77.8 Å². The maximum Gasteiger partial charge on any atom is 0.298 e. The Morgan fingerprint density at radius 2 is 1.76 bits per heavy atom. The summed E-state index contributed by atoms with van der Waals surface area (Å²) in [5.41, 5.74) is 3.94. The van der Waals surface area contributed by atoms with Crippen LogP contribution >= 0.6 is 23.4 Å². The molecule has 1 fully saturated rings. The summed E-state index contributed by atoms with van der Waals surface area (Å²) >= 11 is 6.96. The van der Waals surface area contributed by atoms with E-state index in [2.05, 4.69) is 13.0 Å². The number of nitrogens with zero attached hydrogens (tertiary/aromatic N) is 2. The normalized spacial score (nSPS) is 15.1. The van der Waals surface area contributed by atoms with Gasteiger partial charge in [-0.05, 0) is 54.1 Å². The number of para-hydroxylation sites is 1. The number of hydrogen-bond acceptors (Lipinski definition) is 3. The summed E-state index contributed by atoms with van der Waals surface area (Å²) < 4.78 is 16.4. The molecular formula is C27H20ClFN2O2S. The molecule has 170 valence electrons. The standard InChI is InChI=1S/C27H20ClFN2O2S/c1-2-17-8-5-11-22-19(16-30(25(17)22)15-18-7-3-4-12-23(18)29)13-24-26(32)31(27(33)34-24)21-10-6-9-20(28)14-21/h3-14,16H,2,15H2,1H3/b24-13-. The van der Waals surface area contributed by atoms with E-state index >= 15 is 0 Å². The van der Waals surface area contributed by atoms with Crippen LogP contribution in [0.1, 0.15) is 23.6 Å². The van der Waals surface area contributed by atoms with Gasteiger partial charge in [-0.25, -0.2) is 9.29 Å². The second-order valence-electron chi connectivity index (χ2n) is 7.97. The van der Waals surface area contributed by atoms with Gasteiger partial charge in [0.2, 0.25) is 0 Å². The van der Waals surface area contributed by atoms with Crippen LogP contribution in [0.2, 0.25) is 5.02 Å². The number of carbonyl (C=O) groups is 2. The fraction of sp³-hybridized carbons (Fsp3) is 0.111. The summed E-state index contributed by atoms with van der Waals surface area (Å²) in [6.07, 6.45) is 4.47. The van der Waals surface area contributed by atoms with Crippen LogP contribution in [-0.4, -0.2) is 15.7 Å². The van der Waals surface area contributed by atoms with Crippen molar-refractivity contribution >= 4 is 57.2 Å². The third kappa shape index (κ3) is 4.04. The Kier molecular flexibility index (Phi) is 6.02. The molecular weight excluding hydrogens is 471 g/mol. The molecule has 0 bridgehead atoms. The molecule has 4 aromatic rings. The molecule has 1 aromatic heterocycles. The zero-order valence-corrected chi connectivity index (χ0v) is 19.9. The monoisotopic (exact) mass is 490 g/mol. The van der Waals surface area contributed by atoms with Crippen molar-refractivity contribution in [3.63, 3.8) is 0 Å². The average molecular weight is 491 g/mol. The Bertz CT molecular complexity index is 1480. The van der Waals surface area contributed by atoms with Crippen molar-refractivity contribution in [2.24, 2.45) is 0 Å². The smallest absolute Gasteiger partial charge is 0.298 e. The van der Waals surface area contributed by atoms with Gasteiger partial charge in [-0.2, -0.15) is 0 Å². The van der Waals surface area contributed by atoms with Gasteiger partial charge in [-0.15, -0.1) is 0 Å². The fourth-order valence-electron chi connectivity index (χ4n) is 4.25. The van der Waals surface area contributed by atoms with Gasteiger partial charge >= 0.3 is 0 Å². The lowest BCUT2D eigenvalue weighted by Crippen LogP contribution is -2.27. The highest BCUT2D eigenvalue weighted by atomic mass is 35.5. The van der Waals surface area contributed by atoms with Crippen LogP contribution in [0.5, 0.6) is 0 Å². The molecule has 0 saturated carbocycles. The van der Waals surface area contributed by atoms with E-state index in [0.717, 1.165) is 45.1 Å². The number of rotatable bonds is 5. The zero-order chi connectivity index (χ0) is 23.8. The number of aromatic nitrogens is 1. The van der Waals surface area contributed by atoms with E-state index in [1.165, 1.54) is 6.07 Å². The van der Waals surface area contributed by atoms with Gasteiger partial charge in [0.25, 0.3) is 11.1 Å². The van der Waals surface area contributed by atoms with E-state index in [1.54, 1.807) is 42.5 Å². The molecule has 3 aromatic carbocycles. The summed E-state index contributed by atoms with van der Waals surface area (Å²) in [4.78, 5) is 27.3. The van der Waals surface area contributed by atoms with E-state index in [0.29, 0.717) is 27.7 Å². The van der Waals surface area contributed by atoms with Crippen molar-refractivity contribution in [3.8, 4) is 0 Å². The number of hydrogen-bond donors (Lipinski definition) is 0. The first-order valence-electron chi connectivity index (χ1n) is 10.8. The molecule has 4 nitrogen and oxygen atoms in total. The van der Waals surface area contributed by atoms with E-state index in [9.17, 15) is 14.0 Å². The fourth-order valence-corrected chi connectivity index (χ4v) is 5.26. The SMILES string of the molecule is CCc1cccc2c(/C=C3\SC(=O)N(c4cccc(Cl)c4)C3=O)cn(Cc3ccccc3F)c12. The lowest BCUT2D eigenvalue weighted by atomic mass is 10.1. The predicted molar refractivity (Wildman–Crippen MR) is 137 cm³/mol. The predicted octanol–water partition coefficient (Wildman–Crippen LogP) is 7.29. The van der Waals surface area contributed by atoms with Crippen LogP contribution in [0.3, 0.4) is 0 Å². The molecule has 1 aliphatic heterocycles. The quantitative estimate of drug-likeness (QED) is 0.276. The van der Waals surface area contributed by atoms with Crippen LogP contribution < -0.4 is 4.90 Å². The highest BCUT2D eigenvalue weighted by Gasteiger charge is 2.36. The Balaban J connectivity index is 1.59. The van der Waals surface area contributed by atoms with Crippen LogP contribution in [0, 0.1) is 5.82 Å². The molecule has 2 heterocycles. The molecule has 7 heteroatoms. The van der Waals surface area contributed by atoms with Crippen LogP contribution in [0.25, 0.3) is 17.0 Å². The Hall–Kier alpha value is -3.35. The number of halogens is 2. The van der Waals surface area contributed by atoms with Crippen molar-refractivity contribution in [1.29, 1.82) is 0 Å². The summed E-state index contributed by atoms with van der Waals surface area (Å²) in [5, 5.41) is 1.02. The average Bonchev–Trinajstić information content (AvgIpc) is 3.31. The summed E-state index contributed by atoms with van der Waals surface area (Å²) in [6, 6.07) is 19.4. The van der Waals surface area contributed by atoms with Crippen molar-refractivity contribution in [2.75, 3.05) is 4.90 Å². The zero-order valence-electron chi connectivity index (χ0n) is 18.3. The van der Waals surface area contributed by atoms with Crippen LogP contribution in [-0.2, 0) is 17.8 Å². The third-order valence-corrected chi connectivity index (χ3v) is 6.94. The summed E-state index contributed by atoms with van der Waals surface area (Å²) in [6.45, 7) is 2.43. The lowest BCUT2D eigenvalue weighted by Gasteiger charge is -2.12. The number of imide groups is 1. The van der Waals surface area contributed by atoms with Gasteiger partial charge in [0, 0.05) is 27.7 Å². The van der Waals surface area contributed by atoms with E-state index in [4.69, 9.17) is 11.6 Å². The van der Waals surface area contributed by atoms with Gasteiger partial charge in [0.05, 0.1) is 22.7 Å². The Labute approximate surface area is 205 Å². The first-order valence-corrected chi connectivity index (χ1v) is 12.0. The number of benzene rings is 3. The number of anilines is 1. The summed E-state index contributed by atoms with van der Waals surface area (Å²) in [7, 11) is 0. The second kappa shape index (κ2) is 9.12. The van der Waals surface area contributed by atoms with Gasteiger partial charge in [0.1, 0.15) is 5.82 Å². The number of thioether (sulfide) groups is 1. The van der Waals surface area contributed by atoms with E-state index in [1.807, 2.05) is 29.0 Å². The van der Waals surface area contributed by atoms with Crippen molar-refractivity contribution in [3.05, 3.63) is 105 Å².